The fraction of sp³-hybridized carbons (Fsp3) is 0.733. The van der Waals surface area contributed by atoms with Crippen molar-refractivity contribution in [3.05, 3.63) is 12.2 Å². The highest BCUT2D eigenvalue weighted by molar-refractivity contribution is 5.70. The van der Waals surface area contributed by atoms with E-state index < -0.39 is 23.4 Å². The van der Waals surface area contributed by atoms with Gasteiger partial charge in [-0.1, -0.05) is 12.2 Å². The Morgan fingerprint density at radius 1 is 1.43 bits per heavy atom. The molecular formula is C15H25NO5. The lowest BCUT2D eigenvalue weighted by atomic mass is 10.1. The van der Waals surface area contributed by atoms with Crippen molar-refractivity contribution in [1.29, 1.82) is 0 Å². The number of hydrogen-bond acceptors (Lipinski definition) is 4. The summed E-state index contributed by atoms with van der Waals surface area (Å²) in [7, 11) is 0. The van der Waals surface area contributed by atoms with Gasteiger partial charge in [0.1, 0.15) is 11.3 Å². The number of carboxylic acids is 1. The topological polar surface area (TPSA) is 76.1 Å². The lowest BCUT2D eigenvalue weighted by molar-refractivity contribution is -0.136. The van der Waals surface area contributed by atoms with Crippen LogP contribution in [-0.2, 0) is 14.3 Å². The molecule has 1 aliphatic rings. The number of aliphatic carboxylic acids is 1. The third kappa shape index (κ3) is 5.38. The van der Waals surface area contributed by atoms with Gasteiger partial charge in [-0.15, -0.1) is 0 Å². The van der Waals surface area contributed by atoms with Crippen LogP contribution in [0.4, 0.5) is 4.79 Å². The molecule has 1 N–H and O–H groups in total. The number of amides is 1. The van der Waals surface area contributed by atoms with E-state index in [0.717, 1.165) is 0 Å². The van der Waals surface area contributed by atoms with Gasteiger partial charge in [-0.3, -0.25) is 9.69 Å². The number of carbonyl (C=O) groups is 2. The number of carboxylic acid groups (broad SMARTS) is 1. The van der Waals surface area contributed by atoms with Crippen LogP contribution >= 0.6 is 0 Å². The van der Waals surface area contributed by atoms with Crippen molar-refractivity contribution in [2.45, 2.75) is 64.8 Å². The minimum atomic E-state index is -0.841. The highest BCUT2D eigenvalue weighted by atomic mass is 16.6. The van der Waals surface area contributed by atoms with Crippen LogP contribution in [0.15, 0.2) is 12.2 Å². The van der Waals surface area contributed by atoms with Crippen molar-refractivity contribution in [3.63, 3.8) is 0 Å². The molecule has 120 valence electrons. The number of ether oxygens (including phenoxy) is 2. The lowest BCUT2D eigenvalue weighted by Crippen LogP contribution is -2.49. The molecule has 1 heterocycles. The summed E-state index contributed by atoms with van der Waals surface area (Å²) in [5.41, 5.74) is -1.32. The van der Waals surface area contributed by atoms with Crippen molar-refractivity contribution in [2.75, 3.05) is 6.61 Å². The van der Waals surface area contributed by atoms with Gasteiger partial charge in [0.2, 0.25) is 0 Å². The van der Waals surface area contributed by atoms with Crippen LogP contribution in [0.3, 0.4) is 0 Å². The van der Waals surface area contributed by atoms with Gasteiger partial charge in [-0.25, -0.2) is 4.79 Å². The van der Waals surface area contributed by atoms with Gasteiger partial charge in [-0.2, -0.15) is 0 Å². The van der Waals surface area contributed by atoms with Crippen molar-refractivity contribution >= 4 is 12.1 Å². The Hall–Kier alpha value is -1.56. The monoisotopic (exact) mass is 299 g/mol. The van der Waals surface area contributed by atoms with E-state index in [9.17, 15) is 9.59 Å². The van der Waals surface area contributed by atoms with Crippen molar-refractivity contribution in [1.82, 2.24) is 4.90 Å². The number of hydrogen-bond donors (Lipinski definition) is 1. The molecule has 0 radical (unpaired) electrons. The Kier molecular flexibility index (Phi) is 5.39. The Morgan fingerprint density at radius 2 is 2.05 bits per heavy atom. The van der Waals surface area contributed by atoms with Gasteiger partial charge < -0.3 is 14.6 Å². The summed E-state index contributed by atoms with van der Waals surface area (Å²) in [6.07, 6.45) is 3.63. The molecule has 0 aliphatic carbocycles. The maximum absolute atomic E-state index is 12.3. The summed E-state index contributed by atoms with van der Waals surface area (Å²) in [5.74, 6) is -0.841. The van der Waals surface area contributed by atoms with Crippen LogP contribution in [0, 0.1) is 0 Å². The molecule has 0 bridgehead atoms. The quantitative estimate of drug-likeness (QED) is 0.808. The average Bonchev–Trinajstić information content (AvgIpc) is 2.57. The molecule has 1 fully saturated rings. The second kappa shape index (κ2) is 6.47. The molecule has 0 aromatic heterocycles. The predicted molar refractivity (Wildman–Crippen MR) is 77.9 cm³/mol. The standard InChI is InChI=1S/C15H25NO5/c1-14(2,3)21-13(19)16-11(10-20-15(16,4)5)8-6-7-9-12(17)18/h6,8,11H,7,9-10H2,1-5H3,(H,17,18)/b8-6-/t11-/m0/s1. The zero-order chi connectivity index (χ0) is 16.3. The van der Waals surface area contributed by atoms with Crippen molar-refractivity contribution in [3.8, 4) is 0 Å². The van der Waals surface area contributed by atoms with Gasteiger partial charge in [0.15, 0.2) is 0 Å². The third-order valence-corrected chi connectivity index (χ3v) is 2.99. The summed E-state index contributed by atoms with van der Waals surface area (Å²) in [5, 5.41) is 8.61. The van der Waals surface area contributed by atoms with Crippen LogP contribution in [-0.4, -0.2) is 46.0 Å². The highest BCUT2D eigenvalue weighted by Crippen LogP contribution is 2.30. The van der Waals surface area contributed by atoms with E-state index >= 15 is 0 Å². The molecule has 1 rings (SSSR count). The van der Waals surface area contributed by atoms with Gasteiger partial charge in [0, 0.05) is 6.42 Å². The third-order valence-electron chi connectivity index (χ3n) is 2.99. The zero-order valence-corrected chi connectivity index (χ0v) is 13.4. The van der Waals surface area contributed by atoms with E-state index in [1.54, 1.807) is 11.0 Å². The molecule has 1 atom stereocenters. The first-order valence-corrected chi connectivity index (χ1v) is 7.08. The van der Waals surface area contributed by atoms with Crippen LogP contribution in [0.5, 0.6) is 0 Å². The van der Waals surface area contributed by atoms with Crippen LogP contribution in [0.25, 0.3) is 0 Å². The van der Waals surface area contributed by atoms with E-state index in [4.69, 9.17) is 14.6 Å². The van der Waals surface area contributed by atoms with E-state index in [-0.39, 0.29) is 12.5 Å². The van der Waals surface area contributed by atoms with Gasteiger partial charge in [0.05, 0.1) is 12.6 Å². The predicted octanol–water partition coefficient (Wildman–Crippen LogP) is 2.78. The lowest BCUT2D eigenvalue weighted by Gasteiger charge is -2.34. The maximum Gasteiger partial charge on any atom is 0.413 e. The molecule has 1 saturated heterocycles. The van der Waals surface area contributed by atoms with Crippen LogP contribution in [0.2, 0.25) is 0 Å². The van der Waals surface area contributed by atoms with E-state index in [1.807, 2.05) is 40.7 Å². The highest BCUT2D eigenvalue weighted by Gasteiger charge is 2.44. The van der Waals surface area contributed by atoms with Gasteiger partial charge in [0.25, 0.3) is 0 Å². The van der Waals surface area contributed by atoms with Crippen LogP contribution < -0.4 is 0 Å². The average molecular weight is 299 g/mol. The largest absolute Gasteiger partial charge is 0.481 e. The van der Waals surface area contributed by atoms with Gasteiger partial charge >= 0.3 is 12.1 Å². The number of carbonyl (C=O) groups excluding carboxylic acids is 1. The molecule has 0 aromatic rings. The Morgan fingerprint density at radius 3 is 2.57 bits per heavy atom. The number of allylic oxidation sites excluding steroid dienone is 1. The van der Waals surface area contributed by atoms with E-state index in [0.29, 0.717) is 13.0 Å². The molecule has 0 saturated carbocycles. The van der Waals surface area contributed by atoms with Crippen LogP contribution in [0.1, 0.15) is 47.5 Å². The molecule has 6 nitrogen and oxygen atoms in total. The molecule has 0 spiro atoms. The minimum absolute atomic E-state index is 0.0694. The molecule has 1 amide bonds. The Bertz CT molecular complexity index is 422. The summed E-state index contributed by atoms with van der Waals surface area (Å²) >= 11 is 0. The smallest absolute Gasteiger partial charge is 0.413 e. The summed E-state index contributed by atoms with van der Waals surface area (Å²) in [6.45, 7) is 9.42. The molecule has 21 heavy (non-hydrogen) atoms. The summed E-state index contributed by atoms with van der Waals surface area (Å²) in [4.78, 5) is 24.4. The molecule has 0 aromatic carbocycles. The normalized spacial score (nSPS) is 21.8. The molecule has 0 unspecified atom stereocenters. The first kappa shape index (κ1) is 17.5. The van der Waals surface area contributed by atoms with E-state index in [2.05, 4.69) is 0 Å². The van der Waals surface area contributed by atoms with Gasteiger partial charge in [-0.05, 0) is 41.0 Å². The van der Waals surface area contributed by atoms with Crippen molar-refractivity contribution < 1.29 is 24.2 Å². The summed E-state index contributed by atoms with van der Waals surface area (Å²) in [6, 6.07) is -0.247. The minimum Gasteiger partial charge on any atom is -0.481 e. The Balaban J connectivity index is 2.75. The maximum atomic E-state index is 12.3. The first-order chi connectivity index (χ1) is 9.53. The number of rotatable bonds is 4. The molecular weight excluding hydrogens is 274 g/mol. The molecule has 6 heteroatoms. The second-order valence-electron chi connectivity index (χ2n) is 6.54. The SMILES string of the molecule is CC(C)(C)OC(=O)N1[C@@H](/C=C\CCC(=O)O)COC1(C)C. The fourth-order valence-electron chi connectivity index (χ4n) is 2.10. The fourth-order valence-corrected chi connectivity index (χ4v) is 2.10. The second-order valence-corrected chi connectivity index (χ2v) is 6.54. The Labute approximate surface area is 125 Å². The first-order valence-electron chi connectivity index (χ1n) is 7.08. The van der Waals surface area contributed by atoms with Crippen molar-refractivity contribution in [2.24, 2.45) is 0 Å². The zero-order valence-electron chi connectivity index (χ0n) is 13.4. The van der Waals surface area contributed by atoms with E-state index in [1.165, 1.54) is 0 Å². The summed E-state index contributed by atoms with van der Waals surface area (Å²) < 4.78 is 11.0. The molecule has 1 aliphatic heterocycles. The number of nitrogens with zero attached hydrogens (tertiary/aromatic N) is 1.